The number of nitrogens with one attached hydrogen (secondary N) is 1. The predicted molar refractivity (Wildman–Crippen MR) is 108 cm³/mol. The fourth-order valence-corrected chi connectivity index (χ4v) is 3.41. The van der Waals surface area contributed by atoms with Crippen LogP contribution in [0.25, 0.3) is 22.5 Å². The summed E-state index contributed by atoms with van der Waals surface area (Å²) in [5.74, 6) is 1.48. The molecule has 0 spiro atoms. The van der Waals surface area contributed by atoms with Gasteiger partial charge in [-0.2, -0.15) is 0 Å². The highest BCUT2D eigenvalue weighted by Crippen LogP contribution is 2.28. The van der Waals surface area contributed by atoms with E-state index >= 15 is 0 Å². The van der Waals surface area contributed by atoms with Crippen LogP contribution < -0.4 is 5.32 Å². The topological polar surface area (TPSA) is 50.7 Å². The largest absolute Gasteiger partial charge is 0.316 e. The van der Waals surface area contributed by atoms with E-state index in [0.717, 1.165) is 39.3 Å². The van der Waals surface area contributed by atoms with Crippen LogP contribution in [0.15, 0.2) is 66.0 Å². The van der Waals surface area contributed by atoms with Crippen LogP contribution in [0.3, 0.4) is 0 Å². The zero-order valence-electron chi connectivity index (χ0n) is 14.6. The van der Waals surface area contributed by atoms with Gasteiger partial charge in [0.2, 0.25) is 0 Å². The lowest BCUT2D eigenvalue weighted by atomic mass is 10.1. The highest BCUT2D eigenvalue weighted by molar-refractivity contribution is 7.14. The average molecular weight is 358 g/mol. The second-order valence-corrected chi connectivity index (χ2v) is 6.94. The van der Waals surface area contributed by atoms with Crippen LogP contribution in [0.5, 0.6) is 0 Å². The van der Waals surface area contributed by atoms with Crippen LogP contribution >= 0.6 is 11.3 Å². The SMILES string of the molecule is Cc1ccc(-c2cc(Nc3nc(-c4ccccc4)cs3)nc(C)n2)cc1. The van der Waals surface area contributed by atoms with Gasteiger partial charge in [0, 0.05) is 22.6 Å². The van der Waals surface area contributed by atoms with Gasteiger partial charge in [-0.3, -0.25) is 0 Å². The molecular weight excluding hydrogens is 340 g/mol. The van der Waals surface area contributed by atoms with E-state index in [-0.39, 0.29) is 0 Å². The van der Waals surface area contributed by atoms with Crippen molar-refractivity contribution < 1.29 is 0 Å². The third-order valence-electron chi connectivity index (χ3n) is 3.99. The van der Waals surface area contributed by atoms with E-state index in [1.54, 1.807) is 11.3 Å². The number of nitrogens with zero attached hydrogens (tertiary/aromatic N) is 3. The van der Waals surface area contributed by atoms with Gasteiger partial charge in [0.1, 0.15) is 11.6 Å². The maximum atomic E-state index is 4.67. The first-order valence-corrected chi connectivity index (χ1v) is 9.26. The number of anilines is 2. The molecule has 0 atom stereocenters. The molecule has 0 saturated carbocycles. The minimum atomic E-state index is 0.727. The lowest BCUT2D eigenvalue weighted by molar-refractivity contribution is 1.06. The average Bonchev–Trinajstić information content (AvgIpc) is 3.11. The summed E-state index contributed by atoms with van der Waals surface area (Å²) in [6, 6.07) is 20.5. The zero-order valence-corrected chi connectivity index (χ0v) is 15.4. The van der Waals surface area contributed by atoms with E-state index in [1.807, 2.05) is 36.6 Å². The molecule has 128 valence electrons. The minimum Gasteiger partial charge on any atom is -0.316 e. The summed E-state index contributed by atoms with van der Waals surface area (Å²) in [7, 11) is 0. The summed E-state index contributed by atoms with van der Waals surface area (Å²) in [6.07, 6.45) is 0. The molecule has 2 heterocycles. The van der Waals surface area contributed by atoms with E-state index in [1.165, 1.54) is 5.56 Å². The Bertz CT molecular complexity index is 1020. The highest BCUT2D eigenvalue weighted by Gasteiger charge is 2.08. The molecule has 1 N–H and O–H groups in total. The van der Waals surface area contributed by atoms with Gasteiger partial charge in [0.15, 0.2) is 5.13 Å². The van der Waals surface area contributed by atoms with Crippen LogP contribution in [0.1, 0.15) is 11.4 Å². The van der Waals surface area contributed by atoms with Gasteiger partial charge in [-0.25, -0.2) is 15.0 Å². The molecule has 4 rings (SSSR count). The lowest BCUT2D eigenvalue weighted by Gasteiger charge is -2.07. The smallest absolute Gasteiger partial charge is 0.188 e. The van der Waals surface area contributed by atoms with Gasteiger partial charge in [-0.05, 0) is 13.8 Å². The van der Waals surface area contributed by atoms with Crippen molar-refractivity contribution >= 4 is 22.3 Å². The van der Waals surface area contributed by atoms with E-state index in [2.05, 4.69) is 63.6 Å². The van der Waals surface area contributed by atoms with Crippen molar-refractivity contribution in [3.8, 4) is 22.5 Å². The van der Waals surface area contributed by atoms with E-state index < -0.39 is 0 Å². The van der Waals surface area contributed by atoms with Crippen LogP contribution in [0, 0.1) is 13.8 Å². The molecule has 4 nitrogen and oxygen atoms in total. The molecule has 0 amide bonds. The van der Waals surface area contributed by atoms with Crippen molar-refractivity contribution in [2.45, 2.75) is 13.8 Å². The van der Waals surface area contributed by atoms with Crippen molar-refractivity contribution in [3.63, 3.8) is 0 Å². The molecule has 0 unspecified atom stereocenters. The number of aromatic nitrogens is 3. The Morgan fingerprint density at radius 1 is 0.769 bits per heavy atom. The maximum absolute atomic E-state index is 4.67. The Hall–Kier alpha value is -3.05. The van der Waals surface area contributed by atoms with Crippen LogP contribution in [0.2, 0.25) is 0 Å². The second-order valence-electron chi connectivity index (χ2n) is 6.08. The van der Waals surface area contributed by atoms with Crippen LogP contribution in [0.4, 0.5) is 10.9 Å². The molecule has 2 aromatic heterocycles. The van der Waals surface area contributed by atoms with Gasteiger partial charge in [0.25, 0.3) is 0 Å². The van der Waals surface area contributed by atoms with E-state index in [0.29, 0.717) is 0 Å². The van der Waals surface area contributed by atoms with Crippen molar-refractivity contribution in [1.82, 2.24) is 15.0 Å². The zero-order chi connectivity index (χ0) is 17.9. The predicted octanol–water partition coefficient (Wildman–Crippen LogP) is 5.63. The molecule has 0 bridgehead atoms. The molecule has 0 saturated heterocycles. The third-order valence-corrected chi connectivity index (χ3v) is 4.75. The first kappa shape index (κ1) is 16.4. The molecule has 26 heavy (non-hydrogen) atoms. The Morgan fingerprint density at radius 2 is 1.50 bits per heavy atom. The number of benzene rings is 2. The Kier molecular flexibility index (Phi) is 4.46. The van der Waals surface area contributed by atoms with Crippen molar-refractivity contribution in [2.24, 2.45) is 0 Å². The van der Waals surface area contributed by atoms with Gasteiger partial charge >= 0.3 is 0 Å². The highest BCUT2D eigenvalue weighted by atomic mass is 32.1. The molecule has 0 aliphatic carbocycles. The van der Waals surface area contributed by atoms with Gasteiger partial charge < -0.3 is 5.32 Å². The first-order chi connectivity index (χ1) is 12.7. The quantitative estimate of drug-likeness (QED) is 0.514. The summed E-state index contributed by atoms with van der Waals surface area (Å²) in [4.78, 5) is 13.7. The molecule has 2 aromatic carbocycles. The van der Waals surface area contributed by atoms with Crippen molar-refractivity contribution in [1.29, 1.82) is 0 Å². The van der Waals surface area contributed by atoms with Crippen molar-refractivity contribution in [3.05, 3.63) is 77.4 Å². The third kappa shape index (κ3) is 3.63. The molecule has 0 aliphatic rings. The Labute approximate surface area is 156 Å². The standard InChI is InChI=1S/C21H18N4S/c1-14-8-10-17(11-9-14)18-12-20(23-15(2)22-18)25-21-24-19(13-26-21)16-6-4-3-5-7-16/h3-13H,1-2H3,(H,22,23,24,25). The normalized spacial score (nSPS) is 10.7. The van der Waals surface area contributed by atoms with Crippen LogP contribution in [-0.4, -0.2) is 15.0 Å². The number of hydrogen-bond donors (Lipinski definition) is 1. The van der Waals surface area contributed by atoms with E-state index in [4.69, 9.17) is 0 Å². The Balaban J connectivity index is 1.61. The fourth-order valence-electron chi connectivity index (χ4n) is 2.69. The lowest BCUT2D eigenvalue weighted by Crippen LogP contribution is -1.98. The monoisotopic (exact) mass is 358 g/mol. The number of hydrogen-bond acceptors (Lipinski definition) is 5. The Morgan fingerprint density at radius 3 is 2.27 bits per heavy atom. The van der Waals surface area contributed by atoms with Gasteiger partial charge in [-0.1, -0.05) is 60.2 Å². The summed E-state index contributed by atoms with van der Waals surface area (Å²) >= 11 is 1.57. The summed E-state index contributed by atoms with van der Waals surface area (Å²) in [5.41, 5.74) is 5.28. The summed E-state index contributed by atoms with van der Waals surface area (Å²) in [6.45, 7) is 3.98. The van der Waals surface area contributed by atoms with Gasteiger partial charge in [-0.15, -0.1) is 11.3 Å². The fraction of sp³-hybridized carbons (Fsp3) is 0.0952. The summed E-state index contributed by atoms with van der Waals surface area (Å²) < 4.78 is 0. The van der Waals surface area contributed by atoms with Crippen LogP contribution in [-0.2, 0) is 0 Å². The molecule has 0 radical (unpaired) electrons. The number of thiazole rings is 1. The molecule has 0 fully saturated rings. The number of rotatable bonds is 4. The first-order valence-electron chi connectivity index (χ1n) is 8.38. The molecule has 0 aliphatic heterocycles. The van der Waals surface area contributed by atoms with Crippen molar-refractivity contribution in [2.75, 3.05) is 5.32 Å². The van der Waals surface area contributed by atoms with Gasteiger partial charge in [0.05, 0.1) is 11.4 Å². The molecule has 4 aromatic rings. The summed E-state index contributed by atoms with van der Waals surface area (Å²) in [5, 5.41) is 6.18. The number of aryl methyl sites for hydroxylation is 2. The molecule has 5 heteroatoms. The second kappa shape index (κ2) is 7.06. The maximum Gasteiger partial charge on any atom is 0.188 e. The minimum absolute atomic E-state index is 0.727. The molecular formula is C21H18N4S. The van der Waals surface area contributed by atoms with E-state index in [9.17, 15) is 0 Å².